The Kier molecular flexibility index (Phi) is 3.80. The van der Waals surface area contributed by atoms with Crippen LogP contribution >= 0.6 is 0 Å². The lowest BCUT2D eigenvalue weighted by Gasteiger charge is -2.03. The fourth-order valence-electron chi connectivity index (χ4n) is 1.81. The number of aliphatic hydroxyl groups is 1. The van der Waals surface area contributed by atoms with Crippen LogP contribution in [0.5, 0.6) is 0 Å². The summed E-state index contributed by atoms with van der Waals surface area (Å²) in [6.45, 7) is 4.15. The van der Waals surface area contributed by atoms with E-state index in [2.05, 4.69) is 13.0 Å². The number of hydrogen-bond donors (Lipinski definition) is 1. The molecule has 70 valence electrons. The number of hydrogen-bond acceptors (Lipinski definition) is 1. The van der Waals surface area contributed by atoms with Gasteiger partial charge in [0, 0.05) is 0 Å². The number of rotatable bonds is 4. The van der Waals surface area contributed by atoms with Gasteiger partial charge in [0.1, 0.15) is 0 Å². The molecule has 0 fully saturated rings. The Bertz CT molecular complexity index is 158. The molecule has 0 spiro atoms. The molecule has 0 saturated carbocycles. The summed E-state index contributed by atoms with van der Waals surface area (Å²) >= 11 is 0. The zero-order valence-electron chi connectivity index (χ0n) is 8.21. The van der Waals surface area contributed by atoms with Crippen molar-refractivity contribution in [2.75, 3.05) is 0 Å². The van der Waals surface area contributed by atoms with E-state index in [-0.39, 0.29) is 6.10 Å². The molecular weight excluding hydrogens is 148 g/mol. The topological polar surface area (TPSA) is 20.2 Å². The molecular formula is C11H20O. The first-order valence-electron chi connectivity index (χ1n) is 5.06. The van der Waals surface area contributed by atoms with Gasteiger partial charge < -0.3 is 5.11 Å². The molecule has 0 heterocycles. The summed E-state index contributed by atoms with van der Waals surface area (Å²) in [5.74, 6) is 0.798. The molecule has 0 bridgehead atoms. The van der Waals surface area contributed by atoms with Crippen molar-refractivity contribution in [2.24, 2.45) is 5.92 Å². The molecule has 1 aliphatic carbocycles. The first kappa shape index (κ1) is 9.79. The number of allylic oxidation sites excluding steroid dienone is 2. The SMILES string of the molecule is CC(O)CCCC1=CC(C)CC1. The van der Waals surface area contributed by atoms with Gasteiger partial charge in [-0.05, 0) is 44.9 Å². The van der Waals surface area contributed by atoms with Gasteiger partial charge in [-0.3, -0.25) is 0 Å². The predicted molar refractivity (Wildman–Crippen MR) is 52.0 cm³/mol. The van der Waals surface area contributed by atoms with Crippen molar-refractivity contribution in [3.63, 3.8) is 0 Å². The van der Waals surface area contributed by atoms with Crippen LogP contribution in [0.1, 0.15) is 46.0 Å². The van der Waals surface area contributed by atoms with Gasteiger partial charge in [-0.15, -0.1) is 0 Å². The molecule has 2 unspecified atom stereocenters. The maximum absolute atomic E-state index is 9.06. The van der Waals surface area contributed by atoms with Crippen LogP contribution in [-0.2, 0) is 0 Å². The maximum atomic E-state index is 9.06. The van der Waals surface area contributed by atoms with Crippen molar-refractivity contribution in [3.05, 3.63) is 11.6 Å². The molecule has 1 rings (SSSR count). The second kappa shape index (κ2) is 4.66. The Morgan fingerprint density at radius 1 is 1.67 bits per heavy atom. The van der Waals surface area contributed by atoms with E-state index in [1.807, 2.05) is 6.92 Å². The first-order valence-corrected chi connectivity index (χ1v) is 5.06. The fourth-order valence-corrected chi connectivity index (χ4v) is 1.81. The third-order valence-electron chi connectivity index (χ3n) is 2.56. The van der Waals surface area contributed by atoms with Gasteiger partial charge in [-0.1, -0.05) is 18.6 Å². The monoisotopic (exact) mass is 168 g/mol. The van der Waals surface area contributed by atoms with E-state index in [0.717, 1.165) is 18.8 Å². The average Bonchev–Trinajstić information content (AvgIpc) is 2.35. The fraction of sp³-hybridized carbons (Fsp3) is 0.818. The van der Waals surface area contributed by atoms with Crippen LogP contribution < -0.4 is 0 Å². The molecule has 1 aliphatic rings. The third kappa shape index (κ3) is 3.40. The van der Waals surface area contributed by atoms with Crippen molar-refractivity contribution >= 4 is 0 Å². The Morgan fingerprint density at radius 3 is 2.92 bits per heavy atom. The van der Waals surface area contributed by atoms with Crippen LogP contribution in [0.4, 0.5) is 0 Å². The second-order valence-electron chi connectivity index (χ2n) is 4.08. The molecule has 1 heteroatoms. The Hall–Kier alpha value is -0.300. The van der Waals surface area contributed by atoms with Crippen molar-refractivity contribution < 1.29 is 5.11 Å². The van der Waals surface area contributed by atoms with Crippen molar-refractivity contribution in [1.82, 2.24) is 0 Å². The minimum Gasteiger partial charge on any atom is -0.393 e. The van der Waals surface area contributed by atoms with E-state index in [9.17, 15) is 0 Å². The summed E-state index contributed by atoms with van der Waals surface area (Å²) in [6, 6.07) is 0. The highest BCUT2D eigenvalue weighted by Crippen LogP contribution is 2.27. The molecule has 1 nitrogen and oxygen atoms in total. The zero-order valence-corrected chi connectivity index (χ0v) is 8.21. The van der Waals surface area contributed by atoms with Gasteiger partial charge in [0.05, 0.1) is 6.10 Å². The van der Waals surface area contributed by atoms with Gasteiger partial charge in [-0.25, -0.2) is 0 Å². The quantitative estimate of drug-likeness (QED) is 0.640. The summed E-state index contributed by atoms with van der Waals surface area (Å²) in [5.41, 5.74) is 1.61. The highest BCUT2D eigenvalue weighted by molar-refractivity contribution is 5.09. The summed E-state index contributed by atoms with van der Waals surface area (Å²) in [5, 5.41) is 9.06. The lowest BCUT2D eigenvalue weighted by molar-refractivity contribution is 0.181. The molecule has 12 heavy (non-hydrogen) atoms. The summed E-state index contributed by atoms with van der Waals surface area (Å²) < 4.78 is 0. The molecule has 0 aromatic heterocycles. The minimum absolute atomic E-state index is 0.121. The van der Waals surface area contributed by atoms with Crippen LogP contribution in [0, 0.1) is 5.92 Å². The highest BCUT2D eigenvalue weighted by Gasteiger charge is 2.10. The summed E-state index contributed by atoms with van der Waals surface area (Å²) in [7, 11) is 0. The van der Waals surface area contributed by atoms with E-state index in [1.165, 1.54) is 19.3 Å². The van der Waals surface area contributed by atoms with Gasteiger partial charge in [0.15, 0.2) is 0 Å². The van der Waals surface area contributed by atoms with E-state index >= 15 is 0 Å². The molecule has 0 aromatic carbocycles. The molecule has 0 radical (unpaired) electrons. The van der Waals surface area contributed by atoms with E-state index in [0.29, 0.717) is 0 Å². The highest BCUT2D eigenvalue weighted by atomic mass is 16.3. The molecule has 0 aromatic rings. The number of aliphatic hydroxyl groups excluding tert-OH is 1. The largest absolute Gasteiger partial charge is 0.393 e. The van der Waals surface area contributed by atoms with Gasteiger partial charge in [0.2, 0.25) is 0 Å². The molecule has 2 atom stereocenters. The summed E-state index contributed by atoms with van der Waals surface area (Å²) in [4.78, 5) is 0. The minimum atomic E-state index is -0.121. The lowest BCUT2D eigenvalue weighted by Crippen LogP contribution is -1.98. The molecule has 0 saturated heterocycles. The Labute approximate surface area is 75.5 Å². The lowest BCUT2D eigenvalue weighted by atomic mass is 10.1. The predicted octanol–water partition coefficient (Wildman–Crippen LogP) is 2.89. The smallest absolute Gasteiger partial charge is 0.0512 e. The van der Waals surface area contributed by atoms with Crippen LogP contribution in [-0.4, -0.2) is 11.2 Å². The van der Waals surface area contributed by atoms with Crippen molar-refractivity contribution in [2.45, 2.75) is 52.1 Å². The van der Waals surface area contributed by atoms with Crippen LogP contribution in [0.25, 0.3) is 0 Å². The van der Waals surface area contributed by atoms with Crippen LogP contribution in [0.15, 0.2) is 11.6 Å². The van der Waals surface area contributed by atoms with E-state index in [4.69, 9.17) is 5.11 Å². The Morgan fingerprint density at radius 2 is 2.42 bits per heavy atom. The second-order valence-corrected chi connectivity index (χ2v) is 4.08. The van der Waals surface area contributed by atoms with Gasteiger partial charge in [-0.2, -0.15) is 0 Å². The third-order valence-corrected chi connectivity index (χ3v) is 2.56. The molecule has 0 amide bonds. The van der Waals surface area contributed by atoms with Crippen LogP contribution in [0.2, 0.25) is 0 Å². The molecule has 1 N–H and O–H groups in total. The maximum Gasteiger partial charge on any atom is 0.0512 e. The standard InChI is InChI=1S/C11H20O/c1-9-6-7-11(8-9)5-3-4-10(2)12/h8-10,12H,3-7H2,1-2H3. The van der Waals surface area contributed by atoms with E-state index < -0.39 is 0 Å². The average molecular weight is 168 g/mol. The first-order chi connectivity index (χ1) is 5.68. The molecule has 0 aliphatic heterocycles. The van der Waals surface area contributed by atoms with Gasteiger partial charge in [0.25, 0.3) is 0 Å². The van der Waals surface area contributed by atoms with Gasteiger partial charge >= 0.3 is 0 Å². The Balaban J connectivity index is 2.11. The normalized spacial score (nSPS) is 25.6. The summed E-state index contributed by atoms with van der Waals surface area (Å²) in [6.07, 6.45) is 8.22. The van der Waals surface area contributed by atoms with Crippen molar-refractivity contribution in [3.8, 4) is 0 Å². The van der Waals surface area contributed by atoms with Crippen molar-refractivity contribution in [1.29, 1.82) is 0 Å². The van der Waals surface area contributed by atoms with E-state index in [1.54, 1.807) is 5.57 Å². The van der Waals surface area contributed by atoms with Crippen LogP contribution in [0.3, 0.4) is 0 Å². The zero-order chi connectivity index (χ0) is 8.97.